The fourth-order valence-electron chi connectivity index (χ4n) is 3.50. The van der Waals surface area contributed by atoms with Crippen LogP contribution in [0.3, 0.4) is 0 Å². The van der Waals surface area contributed by atoms with Crippen molar-refractivity contribution in [3.8, 4) is 0 Å². The minimum absolute atomic E-state index is 0.00945. The second-order valence-electron chi connectivity index (χ2n) is 5.79. The molecule has 2 aliphatic rings. The molecule has 2 bridgehead atoms. The number of benzene rings is 1. The summed E-state index contributed by atoms with van der Waals surface area (Å²) >= 11 is 0. The van der Waals surface area contributed by atoms with Crippen LogP contribution < -0.4 is 5.32 Å². The van der Waals surface area contributed by atoms with Crippen molar-refractivity contribution in [2.24, 2.45) is 0 Å². The number of piperidine rings is 1. The Morgan fingerprint density at radius 3 is 2.30 bits per heavy atom. The van der Waals surface area contributed by atoms with E-state index in [-0.39, 0.29) is 6.04 Å². The molecule has 1 unspecified atom stereocenters. The first-order valence-electron chi connectivity index (χ1n) is 7.03. The van der Waals surface area contributed by atoms with Gasteiger partial charge in [0, 0.05) is 18.1 Å². The molecule has 0 spiro atoms. The molecule has 2 heterocycles. The molecule has 5 heteroatoms. The van der Waals surface area contributed by atoms with E-state index in [1.54, 1.807) is 0 Å². The fourth-order valence-corrected chi connectivity index (χ4v) is 3.50. The summed E-state index contributed by atoms with van der Waals surface area (Å²) < 4.78 is 27.1. The van der Waals surface area contributed by atoms with Gasteiger partial charge in [0.15, 0.2) is 0 Å². The normalized spacial score (nSPS) is 29.4. The molecular formula is C15H18F2N2O. The minimum Gasteiger partial charge on any atom is -0.349 e. The van der Waals surface area contributed by atoms with E-state index in [1.807, 2.05) is 0 Å². The maximum absolute atomic E-state index is 13.6. The first kappa shape index (κ1) is 13.5. The monoisotopic (exact) mass is 280 g/mol. The third-order valence-corrected chi connectivity index (χ3v) is 4.62. The van der Waals surface area contributed by atoms with Crippen LogP contribution in [0.25, 0.3) is 0 Å². The molecule has 3 nitrogen and oxygen atoms in total. The summed E-state index contributed by atoms with van der Waals surface area (Å²) in [6.07, 6.45) is 3.99. The fraction of sp³-hybridized carbons (Fsp3) is 0.533. The lowest BCUT2D eigenvalue weighted by atomic mass is 9.97. The molecule has 3 atom stereocenters. The van der Waals surface area contributed by atoms with Crippen molar-refractivity contribution in [2.45, 2.75) is 43.8 Å². The Balaban J connectivity index is 1.71. The number of carbonyl (C=O) groups excluding carboxylic acids is 1. The van der Waals surface area contributed by atoms with Crippen molar-refractivity contribution in [1.29, 1.82) is 0 Å². The molecule has 2 aliphatic heterocycles. The summed E-state index contributed by atoms with van der Waals surface area (Å²) in [5.74, 6) is -2.26. The van der Waals surface area contributed by atoms with Crippen LogP contribution in [0.2, 0.25) is 0 Å². The minimum atomic E-state index is -0.807. The van der Waals surface area contributed by atoms with E-state index in [0.29, 0.717) is 12.1 Å². The number of halogens is 2. The summed E-state index contributed by atoms with van der Waals surface area (Å²) in [6, 6.07) is 4.44. The number of carbonyl (C=O) groups is 1. The maximum Gasteiger partial charge on any atom is 0.257 e. The van der Waals surface area contributed by atoms with Crippen LogP contribution in [0.5, 0.6) is 0 Å². The van der Waals surface area contributed by atoms with E-state index in [2.05, 4.69) is 17.3 Å². The van der Waals surface area contributed by atoms with Crippen LogP contribution in [-0.2, 0) is 0 Å². The van der Waals surface area contributed by atoms with Gasteiger partial charge in [-0.1, -0.05) is 6.07 Å². The number of hydrogen-bond acceptors (Lipinski definition) is 2. The van der Waals surface area contributed by atoms with Gasteiger partial charge in [-0.2, -0.15) is 0 Å². The molecule has 0 saturated carbocycles. The number of amides is 1. The Morgan fingerprint density at radius 2 is 1.75 bits per heavy atom. The Kier molecular flexibility index (Phi) is 3.46. The molecule has 20 heavy (non-hydrogen) atoms. The van der Waals surface area contributed by atoms with Crippen molar-refractivity contribution in [1.82, 2.24) is 10.2 Å². The highest BCUT2D eigenvalue weighted by Crippen LogP contribution is 2.34. The topological polar surface area (TPSA) is 32.3 Å². The van der Waals surface area contributed by atoms with E-state index in [1.165, 1.54) is 6.07 Å². The van der Waals surface area contributed by atoms with Gasteiger partial charge in [-0.05, 0) is 44.9 Å². The summed E-state index contributed by atoms with van der Waals surface area (Å²) in [4.78, 5) is 14.4. The lowest BCUT2D eigenvalue weighted by molar-refractivity contribution is 0.0874. The summed E-state index contributed by atoms with van der Waals surface area (Å²) in [5.41, 5.74) is -0.473. The number of nitrogens with one attached hydrogen (secondary N) is 1. The summed E-state index contributed by atoms with van der Waals surface area (Å²) in [7, 11) is 2.11. The molecule has 2 saturated heterocycles. The number of nitrogens with zero attached hydrogens (tertiary/aromatic N) is 1. The van der Waals surface area contributed by atoms with Crippen LogP contribution in [0, 0.1) is 11.6 Å². The lowest BCUT2D eigenvalue weighted by Gasteiger charge is -2.36. The number of fused-ring (bicyclic) bond motifs is 2. The van der Waals surface area contributed by atoms with Gasteiger partial charge < -0.3 is 10.2 Å². The van der Waals surface area contributed by atoms with Crippen LogP contribution >= 0.6 is 0 Å². The van der Waals surface area contributed by atoms with Gasteiger partial charge in [-0.3, -0.25) is 4.79 Å². The van der Waals surface area contributed by atoms with Crippen molar-refractivity contribution in [3.63, 3.8) is 0 Å². The molecule has 1 aromatic carbocycles. The lowest BCUT2D eigenvalue weighted by Crippen LogP contribution is -2.49. The molecule has 1 amide bonds. The first-order chi connectivity index (χ1) is 9.56. The molecule has 3 rings (SSSR count). The van der Waals surface area contributed by atoms with Gasteiger partial charge in [-0.15, -0.1) is 0 Å². The average Bonchev–Trinajstić information content (AvgIpc) is 2.62. The van der Waals surface area contributed by atoms with Gasteiger partial charge in [0.1, 0.15) is 17.2 Å². The molecule has 0 radical (unpaired) electrons. The highest BCUT2D eigenvalue weighted by molar-refractivity contribution is 5.94. The average molecular weight is 280 g/mol. The Bertz CT molecular complexity index is 500. The molecule has 108 valence electrons. The number of hydrogen-bond donors (Lipinski definition) is 1. The SMILES string of the molecule is CN1[C@@H]2CC[C@H]1CC(NC(=O)c1c(F)cccc1F)C2. The molecule has 0 aliphatic carbocycles. The predicted octanol–water partition coefficient (Wildman–Crippen LogP) is 2.32. The van der Waals surface area contributed by atoms with Crippen molar-refractivity contribution < 1.29 is 13.6 Å². The third-order valence-electron chi connectivity index (χ3n) is 4.62. The first-order valence-corrected chi connectivity index (χ1v) is 7.03. The van der Waals surface area contributed by atoms with Crippen LogP contribution in [0.1, 0.15) is 36.0 Å². The standard InChI is InChI=1S/C15H18F2N2O/c1-19-10-5-6-11(19)8-9(7-10)18-15(20)14-12(16)3-2-4-13(14)17/h2-4,9-11H,5-8H2,1H3,(H,18,20)/t9?,10-,11+. The highest BCUT2D eigenvalue weighted by Gasteiger charge is 2.39. The van der Waals surface area contributed by atoms with Gasteiger partial charge in [0.2, 0.25) is 0 Å². The van der Waals surface area contributed by atoms with Crippen LogP contribution in [-0.4, -0.2) is 36.0 Å². The Labute approximate surface area is 117 Å². The second kappa shape index (κ2) is 5.13. The second-order valence-corrected chi connectivity index (χ2v) is 5.79. The van der Waals surface area contributed by atoms with E-state index >= 15 is 0 Å². The van der Waals surface area contributed by atoms with Gasteiger partial charge in [-0.25, -0.2) is 8.78 Å². The Hall–Kier alpha value is -1.49. The summed E-state index contributed by atoms with van der Waals surface area (Å²) in [6.45, 7) is 0. The zero-order valence-electron chi connectivity index (χ0n) is 11.4. The van der Waals surface area contributed by atoms with E-state index < -0.39 is 23.1 Å². The van der Waals surface area contributed by atoms with Gasteiger partial charge >= 0.3 is 0 Å². The van der Waals surface area contributed by atoms with Crippen molar-refractivity contribution in [2.75, 3.05) is 7.05 Å². The Morgan fingerprint density at radius 1 is 1.20 bits per heavy atom. The molecular weight excluding hydrogens is 262 g/mol. The molecule has 1 N–H and O–H groups in total. The third kappa shape index (κ3) is 2.30. The van der Waals surface area contributed by atoms with Gasteiger partial charge in [0.05, 0.1) is 0 Å². The van der Waals surface area contributed by atoms with E-state index in [0.717, 1.165) is 37.8 Å². The molecule has 2 fully saturated rings. The highest BCUT2D eigenvalue weighted by atomic mass is 19.1. The van der Waals surface area contributed by atoms with Crippen molar-refractivity contribution >= 4 is 5.91 Å². The predicted molar refractivity (Wildman–Crippen MR) is 71.4 cm³/mol. The summed E-state index contributed by atoms with van der Waals surface area (Å²) in [5, 5.41) is 2.79. The van der Waals surface area contributed by atoms with Crippen LogP contribution in [0.15, 0.2) is 18.2 Å². The zero-order valence-corrected chi connectivity index (χ0v) is 11.4. The quantitative estimate of drug-likeness (QED) is 0.901. The largest absolute Gasteiger partial charge is 0.349 e. The zero-order chi connectivity index (χ0) is 14.3. The van der Waals surface area contributed by atoms with E-state index in [4.69, 9.17) is 0 Å². The molecule has 1 aromatic rings. The van der Waals surface area contributed by atoms with Gasteiger partial charge in [0.25, 0.3) is 5.91 Å². The maximum atomic E-state index is 13.6. The number of rotatable bonds is 2. The smallest absolute Gasteiger partial charge is 0.257 e. The van der Waals surface area contributed by atoms with Crippen LogP contribution in [0.4, 0.5) is 8.78 Å². The van der Waals surface area contributed by atoms with E-state index in [9.17, 15) is 13.6 Å². The molecule has 0 aromatic heterocycles. The van der Waals surface area contributed by atoms with Crippen molar-refractivity contribution in [3.05, 3.63) is 35.4 Å².